The second kappa shape index (κ2) is 2.94. The predicted molar refractivity (Wildman–Crippen MR) is 43.9 cm³/mol. The summed E-state index contributed by atoms with van der Waals surface area (Å²) in [5, 5.41) is 11.2. The standard InChI is InChI=1S/C9H8N2O2/c10-5-7-3-4-8(13-7)9(12)11-6-1-2-6/h3-4,6H,1-2H2,(H,11,12). The average molecular weight is 176 g/mol. The molecular weight excluding hydrogens is 168 g/mol. The van der Waals surface area contributed by atoms with Gasteiger partial charge in [0.2, 0.25) is 5.76 Å². The Labute approximate surface area is 75.1 Å². The Bertz CT molecular complexity index is 371. The summed E-state index contributed by atoms with van der Waals surface area (Å²) in [7, 11) is 0. The number of hydrogen-bond acceptors (Lipinski definition) is 3. The van der Waals surface area contributed by atoms with Crippen LogP contribution in [0.2, 0.25) is 0 Å². The van der Waals surface area contributed by atoms with Gasteiger partial charge in [-0.1, -0.05) is 0 Å². The number of amides is 1. The Hall–Kier alpha value is -1.76. The van der Waals surface area contributed by atoms with Gasteiger partial charge in [0.25, 0.3) is 5.91 Å². The van der Waals surface area contributed by atoms with E-state index >= 15 is 0 Å². The molecule has 0 aliphatic heterocycles. The highest BCUT2D eigenvalue weighted by Gasteiger charge is 2.24. The molecule has 1 aliphatic carbocycles. The van der Waals surface area contributed by atoms with Crippen molar-refractivity contribution in [3.8, 4) is 6.07 Å². The fourth-order valence-electron chi connectivity index (χ4n) is 1.00. The van der Waals surface area contributed by atoms with Crippen LogP contribution in [0.15, 0.2) is 16.5 Å². The molecule has 1 heterocycles. The lowest BCUT2D eigenvalue weighted by Crippen LogP contribution is -2.24. The number of carbonyl (C=O) groups excluding carboxylic acids is 1. The van der Waals surface area contributed by atoms with Gasteiger partial charge >= 0.3 is 0 Å². The topological polar surface area (TPSA) is 66.0 Å². The van der Waals surface area contributed by atoms with E-state index in [2.05, 4.69) is 5.32 Å². The van der Waals surface area contributed by atoms with Gasteiger partial charge in [-0.2, -0.15) is 5.26 Å². The van der Waals surface area contributed by atoms with Gasteiger partial charge in [-0.15, -0.1) is 0 Å². The zero-order valence-electron chi connectivity index (χ0n) is 6.91. The Morgan fingerprint density at radius 2 is 2.38 bits per heavy atom. The molecule has 13 heavy (non-hydrogen) atoms. The molecule has 1 fully saturated rings. The fraction of sp³-hybridized carbons (Fsp3) is 0.333. The quantitative estimate of drug-likeness (QED) is 0.732. The molecule has 66 valence electrons. The van der Waals surface area contributed by atoms with Gasteiger partial charge < -0.3 is 9.73 Å². The third kappa shape index (κ3) is 1.70. The zero-order chi connectivity index (χ0) is 9.26. The lowest BCUT2D eigenvalue weighted by Gasteiger charge is -1.97. The van der Waals surface area contributed by atoms with Crippen LogP contribution in [0.4, 0.5) is 0 Å². The molecule has 1 aliphatic rings. The SMILES string of the molecule is N#Cc1ccc(C(=O)NC2CC2)o1. The molecule has 0 aromatic carbocycles. The molecule has 0 saturated heterocycles. The normalized spacial score (nSPS) is 15.0. The molecule has 1 amide bonds. The van der Waals surface area contributed by atoms with E-state index in [1.165, 1.54) is 12.1 Å². The van der Waals surface area contributed by atoms with Gasteiger partial charge in [0.1, 0.15) is 6.07 Å². The molecule has 0 unspecified atom stereocenters. The molecule has 1 aromatic rings. The van der Waals surface area contributed by atoms with Gasteiger partial charge in [0.05, 0.1) is 0 Å². The van der Waals surface area contributed by atoms with E-state index in [-0.39, 0.29) is 17.4 Å². The van der Waals surface area contributed by atoms with Crippen molar-refractivity contribution in [3.05, 3.63) is 23.7 Å². The average Bonchev–Trinajstić information content (AvgIpc) is 2.82. The van der Waals surface area contributed by atoms with Crippen LogP contribution >= 0.6 is 0 Å². The van der Waals surface area contributed by atoms with Crippen molar-refractivity contribution in [3.63, 3.8) is 0 Å². The van der Waals surface area contributed by atoms with E-state index in [9.17, 15) is 4.79 Å². The molecule has 4 nitrogen and oxygen atoms in total. The van der Waals surface area contributed by atoms with E-state index < -0.39 is 0 Å². The Balaban J connectivity index is 2.06. The van der Waals surface area contributed by atoms with Gasteiger partial charge in [0.15, 0.2) is 5.76 Å². The molecule has 4 heteroatoms. The fourth-order valence-corrected chi connectivity index (χ4v) is 1.00. The summed E-state index contributed by atoms with van der Waals surface area (Å²) in [4.78, 5) is 11.3. The highest BCUT2D eigenvalue weighted by molar-refractivity contribution is 5.91. The Kier molecular flexibility index (Phi) is 1.78. The first-order valence-corrected chi connectivity index (χ1v) is 4.10. The molecular formula is C9H8N2O2. The number of furan rings is 1. The number of hydrogen-bond donors (Lipinski definition) is 1. The third-order valence-electron chi connectivity index (χ3n) is 1.85. The van der Waals surface area contributed by atoms with E-state index in [0.717, 1.165) is 12.8 Å². The second-order valence-electron chi connectivity index (χ2n) is 3.02. The second-order valence-corrected chi connectivity index (χ2v) is 3.02. The van der Waals surface area contributed by atoms with Crippen LogP contribution in [0.3, 0.4) is 0 Å². The minimum absolute atomic E-state index is 0.168. The van der Waals surface area contributed by atoms with Crippen LogP contribution in [0.5, 0.6) is 0 Å². The summed E-state index contributed by atoms with van der Waals surface area (Å²) in [5.41, 5.74) is 0. The monoisotopic (exact) mass is 176 g/mol. The van der Waals surface area contributed by atoms with Crippen LogP contribution in [-0.2, 0) is 0 Å². The van der Waals surface area contributed by atoms with E-state index in [1.54, 1.807) is 0 Å². The highest BCUT2D eigenvalue weighted by atomic mass is 16.3. The first kappa shape index (κ1) is 7.87. The number of nitrogens with zero attached hydrogens (tertiary/aromatic N) is 1. The Morgan fingerprint density at radius 1 is 1.62 bits per heavy atom. The molecule has 0 atom stereocenters. The molecule has 1 N–H and O–H groups in total. The smallest absolute Gasteiger partial charge is 0.287 e. The maximum absolute atomic E-state index is 11.3. The van der Waals surface area contributed by atoms with Crippen molar-refractivity contribution in [2.45, 2.75) is 18.9 Å². The summed E-state index contributed by atoms with van der Waals surface area (Å²) in [6.45, 7) is 0. The summed E-state index contributed by atoms with van der Waals surface area (Å²) in [6.07, 6.45) is 2.08. The summed E-state index contributed by atoms with van der Waals surface area (Å²) in [6, 6.07) is 5.13. The number of nitriles is 1. The van der Waals surface area contributed by atoms with Crippen LogP contribution in [0.25, 0.3) is 0 Å². The van der Waals surface area contributed by atoms with Crippen LogP contribution in [0, 0.1) is 11.3 Å². The van der Waals surface area contributed by atoms with Crippen LogP contribution in [0.1, 0.15) is 29.2 Å². The van der Waals surface area contributed by atoms with Gasteiger partial charge in [-0.05, 0) is 25.0 Å². The van der Waals surface area contributed by atoms with Crippen molar-refractivity contribution in [2.75, 3.05) is 0 Å². The molecule has 0 spiro atoms. The first-order chi connectivity index (χ1) is 6.29. The molecule has 0 radical (unpaired) electrons. The van der Waals surface area contributed by atoms with Crippen molar-refractivity contribution in [2.24, 2.45) is 0 Å². The maximum Gasteiger partial charge on any atom is 0.287 e. The minimum atomic E-state index is -0.232. The van der Waals surface area contributed by atoms with Crippen molar-refractivity contribution in [1.82, 2.24) is 5.32 Å². The van der Waals surface area contributed by atoms with Crippen molar-refractivity contribution in [1.29, 1.82) is 5.26 Å². The van der Waals surface area contributed by atoms with E-state index in [4.69, 9.17) is 9.68 Å². The number of carbonyl (C=O) groups is 1. The number of nitrogens with one attached hydrogen (secondary N) is 1. The van der Waals surface area contributed by atoms with Gasteiger partial charge in [-0.3, -0.25) is 4.79 Å². The van der Waals surface area contributed by atoms with E-state index in [0.29, 0.717) is 6.04 Å². The lowest BCUT2D eigenvalue weighted by molar-refractivity contribution is 0.0923. The van der Waals surface area contributed by atoms with Crippen molar-refractivity contribution < 1.29 is 9.21 Å². The summed E-state index contributed by atoms with van der Waals surface area (Å²) in [5.74, 6) is 0.147. The molecule has 2 rings (SSSR count). The number of rotatable bonds is 2. The van der Waals surface area contributed by atoms with E-state index in [1.807, 2.05) is 6.07 Å². The molecule has 1 aromatic heterocycles. The van der Waals surface area contributed by atoms with Crippen LogP contribution in [-0.4, -0.2) is 11.9 Å². The van der Waals surface area contributed by atoms with Gasteiger partial charge in [0, 0.05) is 6.04 Å². The minimum Gasteiger partial charge on any atom is -0.440 e. The largest absolute Gasteiger partial charge is 0.440 e. The third-order valence-corrected chi connectivity index (χ3v) is 1.85. The summed E-state index contributed by atoms with van der Waals surface area (Å²) >= 11 is 0. The zero-order valence-corrected chi connectivity index (χ0v) is 6.91. The van der Waals surface area contributed by atoms with Crippen molar-refractivity contribution >= 4 is 5.91 Å². The molecule has 1 saturated carbocycles. The first-order valence-electron chi connectivity index (χ1n) is 4.10. The summed E-state index contributed by atoms with van der Waals surface area (Å²) < 4.78 is 4.95. The van der Waals surface area contributed by atoms with Gasteiger partial charge in [-0.25, -0.2) is 0 Å². The highest BCUT2D eigenvalue weighted by Crippen LogP contribution is 2.19. The maximum atomic E-state index is 11.3. The van der Waals surface area contributed by atoms with Crippen LogP contribution < -0.4 is 5.32 Å². The Morgan fingerprint density at radius 3 is 2.92 bits per heavy atom. The molecule has 0 bridgehead atoms. The lowest BCUT2D eigenvalue weighted by atomic mass is 10.4. The predicted octanol–water partition coefficient (Wildman–Crippen LogP) is 1.04.